The van der Waals surface area contributed by atoms with Gasteiger partial charge in [0.05, 0.1) is 19.2 Å². The van der Waals surface area contributed by atoms with E-state index in [2.05, 4.69) is 53.6 Å². The van der Waals surface area contributed by atoms with Gasteiger partial charge in [-0.25, -0.2) is 4.99 Å². The maximum Gasteiger partial charge on any atom is 0.192 e. The van der Waals surface area contributed by atoms with Crippen LogP contribution in [-0.4, -0.2) is 37.3 Å². The van der Waals surface area contributed by atoms with E-state index in [1.807, 2.05) is 19.1 Å². The Morgan fingerprint density at radius 1 is 1.16 bits per heavy atom. The average Bonchev–Trinajstić information content (AvgIpc) is 3.29. The van der Waals surface area contributed by atoms with E-state index in [-0.39, 0.29) is 35.8 Å². The summed E-state index contributed by atoms with van der Waals surface area (Å²) in [6.07, 6.45) is 2.55. The molecule has 1 atom stereocenters. The van der Waals surface area contributed by atoms with Crippen molar-refractivity contribution in [3.63, 3.8) is 0 Å². The SMILES string of the molecule is CCNC(=NCc1ccc(O)c(OCC)c1)NC(C)c1cccc(N2CCCC2)c1.I. The van der Waals surface area contributed by atoms with E-state index in [1.54, 1.807) is 6.07 Å². The van der Waals surface area contributed by atoms with Crippen LogP contribution in [0.15, 0.2) is 47.5 Å². The van der Waals surface area contributed by atoms with Crippen LogP contribution in [-0.2, 0) is 6.54 Å². The van der Waals surface area contributed by atoms with Gasteiger partial charge in [-0.05, 0) is 69.0 Å². The Bertz CT molecular complexity index is 853. The van der Waals surface area contributed by atoms with Gasteiger partial charge in [0.25, 0.3) is 0 Å². The van der Waals surface area contributed by atoms with Gasteiger partial charge in [-0.3, -0.25) is 0 Å². The molecule has 3 N–H and O–H groups in total. The second-order valence-corrected chi connectivity index (χ2v) is 7.59. The van der Waals surface area contributed by atoms with E-state index in [0.717, 1.165) is 31.2 Å². The van der Waals surface area contributed by atoms with Crippen LogP contribution in [0.4, 0.5) is 5.69 Å². The minimum atomic E-state index is 0. The fourth-order valence-corrected chi connectivity index (χ4v) is 3.67. The number of benzene rings is 2. The van der Waals surface area contributed by atoms with Crippen LogP contribution >= 0.6 is 24.0 Å². The highest BCUT2D eigenvalue weighted by molar-refractivity contribution is 14.0. The minimum Gasteiger partial charge on any atom is -0.504 e. The number of anilines is 1. The van der Waals surface area contributed by atoms with Crippen LogP contribution in [0.1, 0.15) is 50.8 Å². The smallest absolute Gasteiger partial charge is 0.192 e. The van der Waals surface area contributed by atoms with Crippen LogP contribution < -0.4 is 20.3 Å². The third kappa shape index (κ3) is 7.19. The van der Waals surface area contributed by atoms with Crippen molar-refractivity contribution in [3.8, 4) is 11.5 Å². The van der Waals surface area contributed by atoms with Gasteiger partial charge in [0.2, 0.25) is 0 Å². The van der Waals surface area contributed by atoms with Gasteiger partial charge in [-0.2, -0.15) is 0 Å². The van der Waals surface area contributed by atoms with Gasteiger partial charge in [0.1, 0.15) is 0 Å². The molecule has 0 aliphatic carbocycles. The van der Waals surface area contributed by atoms with Crippen molar-refractivity contribution in [2.24, 2.45) is 4.99 Å². The number of nitrogens with one attached hydrogen (secondary N) is 2. The highest BCUT2D eigenvalue weighted by Gasteiger charge is 2.14. The number of rotatable bonds is 8. The second kappa shape index (κ2) is 12.6. The first kappa shape index (κ1) is 25.1. The predicted octanol–water partition coefficient (Wildman–Crippen LogP) is 4.83. The monoisotopic (exact) mass is 538 g/mol. The fraction of sp³-hybridized carbons (Fsp3) is 0.458. The Morgan fingerprint density at radius 2 is 1.94 bits per heavy atom. The zero-order valence-electron chi connectivity index (χ0n) is 18.7. The molecule has 0 amide bonds. The maximum atomic E-state index is 9.88. The van der Waals surface area contributed by atoms with E-state index in [9.17, 15) is 5.11 Å². The molecule has 0 bridgehead atoms. The quantitative estimate of drug-likeness (QED) is 0.255. The molecule has 2 aromatic carbocycles. The average molecular weight is 538 g/mol. The molecule has 0 aromatic heterocycles. The molecule has 7 heteroatoms. The summed E-state index contributed by atoms with van der Waals surface area (Å²) < 4.78 is 5.47. The summed E-state index contributed by atoms with van der Waals surface area (Å²) in [6, 6.07) is 14.3. The molecule has 1 aliphatic heterocycles. The lowest BCUT2D eigenvalue weighted by Crippen LogP contribution is -2.38. The summed E-state index contributed by atoms with van der Waals surface area (Å²) in [5.41, 5.74) is 3.53. The molecule has 1 unspecified atom stereocenters. The van der Waals surface area contributed by atoms with Crippen molar-refractivity contribution in [1.29, 1.82) is 0 Å². The molecule has 2 aromatic rings. The Balaban J connectivity index is 0.00000341. The zero-order valence-corrected chi connectivity index (χ0v) is 21.1. The Hall–Kier alpha value is -2.16. The molecule has 0 radical (unpaired) electrons. The number of hydrogen-bond acceptors (Lipinski definition) is 4. The van der Waals surface area contributed by atoms with Gasteiger partial charge < -0.3 is 25.4 Å². The standard InChI is InChI=1S/C24H34N4O2.HI/c1-4-25-24(26-17-19-11-12-22(29)23(15-19)30-5-2)27-18(3)20-9-8-10-21(16-20)28-13-6-7-14-28;/h8-12,15-16,18,29H,4-7,13-14,17H2,1-3H3,(H2,25,26,27);1H. The van der Waals surface area contributed by atoms with Crippen LogP contribution in [0.25, 0.3) is 0 Å². The number of guanidine groups is 1. The number of nitrogens with zero attached hydrogens (tertiary/aromatic N) is 2. The first-order chi connectivity index (χ1) is 14.6. The second-order valence-electron chi connectivity index (χ2n) is 7.59. The molecule has 170 valence electrons. The highest BCUT2D eigenvalue weighted by Crippen LogP contribution is 2.27. The summed E-state index contributed by atoms with van der Waals surface area (Å²) in [5.74, 6) is 1.42. The van der Waals surface area contributed by atoms with Gasteiger partial charge >= 0.3 is 0 Å². The molecule has 6 nitrogen and oxygen atoms in total. The van der Waals surface area contributed by atoms with E-state index in [4.69, 9.17) is 9.73 Å². The lowest BCUT2D eigenvalue weighted by atomic mass is 10.1. The van der Waals surface area contributed by atoms with E-state index in [1.165, 1.54) is 24.1 Å². The number of phenolic OH excluding ortho intramolecular Hbond substituents is 1. The van der Waals surface area contributed by atoms with Gasteiger partial charge in [-0.1, -0.05) is 18.2 Å². The van der Waals surface area contributed by atoms with Crippen molar-refractivity contribution in [2.75, 3.05) is 31.1 Å². The van der Waals surface area contributed by atoms with Crippen LogP contribution in [0.2, 0.25) is 0 Å². The first-order valence-electron chi connectivity index (χ1n) is 10.9. The number of aliphatic imine (C=N–C) groups is 1. The van der Waals surface area contributed by atoms with Crippen LogP contribution in [0.5, 0.6) is 11.5 Å². The number of halogens is 1. The topological polar surface area (TPSA) is 69.1 Å². The number of ether oxygens (including phenoxy) is 1. The van der Waals surface area contributed by atoms with Crippen LogP contribution in [0, 0.1) is 0 Å². The molecule has 1 heterocycles. The van der Waals surface area contributed by atoms with Gasteiger partial charge in [0, 0.05) is 25.3 Å². The van der Waals surface area contributed by atoms with Gasteiger partial charge in [-0.15, -0.1) is 24.0 Å². The van der Waals surface area contributed by atoms with Crippen molar-refractivity contribution in [1.82, 2.24) is 10.6 Å². The van der Waals surface area contributed by atoms with E-state index < -0.39 is 0 Å². The molecular formula is C24H35IN4O2. The molecule has 0 saturated carbocycles. The van der Waals surface area contributed by atoms with Crippen molar-refractivity contribution in [3.05, 3.63) is 53.6 Å². The number of aromatic hydroxyl groups is 1. The van der Waals surface area contributed by atoms with Crippen molar-refractivity contribution < 1.29 is 9.84 Å². The third-order valence-electron chi connectivity index (χ3n) is 5.28. The number of hydrogen-bond donors (Lipinski definition) is 3. The van der Waals surface area contributed by atoms with Crippen LogP contribution in [0.3, 0.4) is 0 Å². The zero-order chi connectivity index (χ0) is 21.3. The molecule has 1 fully saturated rings. The summed E-state index contributed by atoms with van der Waals surface area (Å²) in [7, 11) is 0. The Labute approximate surface area is 203 Å². The summed E-state index contributed by atoms with van der Waals surface area (Å²) in [4.78, 5) is 7.18. The fourth-order valence-electron chi connectivity index (χ4n) is 3.67. The first-order valence-corrected chi connectivity index (χ1v) is 10.9. The normalized spacial score (nSPS) is 14.7. The predicted molar refractivity (Wildman–Crippen MR) is 139 cm³/mol. The summed E-state index contributed by atoms with van der Waals surface area (Å²) in [5, 5.41) is 16.7. The molecule has 1 saturated heterocycles. The lowest BCUT2D eigenvalue weighted by Gasteiger charge is -2.22. The molecule has 0 spiro atoms. The molecule has 1 aliphatic rings. The Morgan fingerprint density at radius 3 is 2.65 bits per heavy atom. The van der Waals surface area contributed by atoms with E-state index in [0.29, 0.717) is 18.9 Å². The number of phenols is 1. The molecule has 3 rings (SSSR count). The third-order valence-corrected chi connectivity index (χ3v) is 5.28. The minimum absolute atomic E-state index is 0. The molecular weight excluding hydrogens is 503 g/mol. The highest BCUT2D eigenvalue weighted by atomic mass is 127. The summed E-state index contributed by atoms with van der Waals surface area (Å²) >= 11 is 0. The summed E-state index contributed by atoms with van der Waals surface area (Å²) in [6.45, 7) is 10.2. The van der Waals surface area contributed by atoms with Crippen molar-refractivity contribution >= 4 is 35.6 Å². The molecule has 31 heavy (non-hydrogen) atoms. The van der Waals surface area contributed by atoms with Gasteiger partial charge in [0.15, 0.2) is 17.5 Å². The van der Waals surface area contributed by atoms with E-state index >= 15 is 0 Å². The van der Waals surface area contributed by atoms with Crippen molar-refractivity contribution in [2.45, 2.75) is 46.2 Å². The maximum absolute atomic E-state index is 9.88. The lowest BCUT2D eigenvalue weighted by molar-refractivity contribution is 0.318. The Kier molecular flexibility index (Phi) is 10.2. The largest absolute Gasteiger partial charge is 0.504 e.